The molecule has 0 unspecified atom stereocenters. The highest BCUT2D eigenvalue weighted by molar-refractivity contribution is 5.98. The van der Waals surface area contributed by atoms with E-state index in [4.69, 9.17) is 18.7 Å². The van der Waals surface area contributed by atoms with Crippen LogP contribution in [0.2, 0.25) is 0 Å². The van der Waals surface area contributed by atoms with Crippen LogP contribution in [0.25, 0.3) is 0 Å². The van der Waals surface area contributed by atoms with Gasteiger partial charge in [-0.1, -0.05) is 39.8 Å². The van der Waals surface area contributed by atoms with E-state index in [9.17, 15) is 9.59 Å². The number of amides is 2. The molecule has 1 aliphatic heterocycles. The van der Waals surface area contributed by atoms with Gasteiger partial charge in [0.2, 0.25) is 6.39 Å². The molecule has 3 aromatic rings. The number of carbonyl (C=O) groups excluding carboxylic acids is 2. The highest BCUT2D eigenvalue weighted by Crippen LogP contribution is 2.31. The Bertz CT molecular complexity index is 1330. The Morgan fingerprint density at radius 1 is 1.17 bits per heavy atom. The molecule has 1 aliphatic rings. The van der Waals surface area contributed by atoms with E-state index in [0.717, 1.165) is 0 Å². The first-order valence-electron chi connectivity index (χ1n) is 14.4. The third kappa shape index (κ3) is 7.86. The molecule has 1 N–H and O–H groups in total. The summed E-state index contributed by atoms with van der Waals surface area (Å²) in [6, 6.07) is 3.33. The number of aromatic nitrogens is 4. The fraction of sp³-hybridized carbons (Fsp3) is 0.600. The summed E-state index contributed by atoms with van der Waals surface area (Å²) in [5.41, 5.74) is -0.643. The Morgan fingerprint density at radius 3 is 2.52 bits per heavy atom. The molecule has 0 radical (unpaired) electrons. The van der Waals surface area contributed by atoms with Gasteiger partial charge < -0.3 is 28.8 Å². The monoisotopic (exact) mass is 581 g/mol. The fourth-order valence-electron chi connectivity index (χ4n) is 4.88. The van der Waals surface area contributed by atoms with Gasteiger partial charge in [-0.15, -0.1) is 0 Å². The van der Waals surface area contributed by atoms with Crippen molar-refractivity contribution in [3.8, 4) is 0 Å². The van der Waals surface area contributed by atoms with E-state index in [1.165, 1.54) is 6.39 Å². The topological polar surface area (TPSA) is 140 Å². The lowest BCUT2D eigenvalue weighted by Gasteiger charge is -2.42. The number of piperidine rings is 1. The number of furan rings is 1. The molecule has 2 atom stereocenters. The van der Waals surface area contributed by atoms with Gasteiger partial charge >= 0.3 is 6.09 Å². The average Bonchev–Trinajstić information content (AvgIpc) is 3.63. The molecule has 228 valence electrons. The lowest BCUT2D eigenvalue weighted by molar-refractivity contribution is 0.00594. The molecular weight excluding hydrogens is 538 g/mol. The lowest BCUT2D eigenvalue weighted by atomic mass is 9.91. The predicted octanol–water partition coefficient (Wildman–Crippen LogP) is 5.25. The third-order valence-electron chi connectivity index (χ3n) is 6.79. The largest absolute Gasteiger partial charge is 0.467 e. The Balaban J connectivity index is 1.69. The number of nitrogens with one attached hydrogen (secondary N) is 1. The predicted molar refractivity (Wildman–Crippen MR) is 156 cm³/mol. The second-order valence-electron chi connectivity index (χ2n) is 13.3. The molecule has 0 spiro atoms. The van der Waals surface area contributed by atoms with E-state index in [-0.39, 0.29) is 29.2 Å². The van der Waals surface area contributed by atoms with Crippen LogP contribution in [0.3, 0.4) is 0 Å². The van der Waals surface area contributed by atoms with Gasteiger partial charge in [0.1, 0.15) is 28.6 Å². The van der Waals surface area contributed by atoms with E-state index in [1.807, 2.05) is 58.6 Å². The summed E-state index contributed by atoms with van der Waals surface area (Å²) in [7, 11) is 0. The second kappa shape index (κ2) is 12.5. The molecule has 0 saturated carbocycles. The van der Waals surface area contributed by atoms with Crippen molar-refractivity contribution in [2.24, 2.45) is 5.92 Å². The maximum atomic E-state index is 14.4. The van der Waals surface area contributed by atoms with Crippen molar-refractivity contribution in [1.82, 2.24) is 29.9 Å². The van der Waals surface area contributed by atoms with Crippen LogP contribution in [0, 0.1) is 5.92 Å². The number of anilines is 1. The summed E-state index contributed by atoms with van der Waals surface area (Å²) in [6.07, 6.45) is 4.58. The number of carbonyl (C=O) groups is 2. The SMILES string of the molecule is CC(C)CN(C(=O)c1cnc(C(C)(C)C)nc1NCc1ccco1)[C@H]1C[C@H](c2ncon2)CN(C(=O)OC(C)(C)C)C1. The van der Waals surface area contributed by atoms with Crippen LogP contribution in [0.15, 0.2) is 39.9 Å². The van der Waals surface area contributed by atoms with Crippen LogP contribution < -0.4 is 5.32 Å². The van der Waals surface area contributed by atoms with Crippen LogP contribution in [-0.2, 0) is 16.7 Å². The van der Waals surface area contributed by atoms with Crippen molar-refractivity contribution in [1.29, 1.82) is 0 Å². The molecule has 3 aromatic heterocycles. The Hall–Kier alpha value is -3.96. The van der Waals surface area contributed by atoms with Crippen molar-refractivity contribution in [3.63, 3.8) is 0 Å². The molecule has 12 nitrogen and oxygen atoms in total. The molecular formula is C30H43N7O5. The molecule has 1 saturated heterocycles. The number of rotatable bonds is 8. The van der Waals surface area contributed by atoms with Crippen molar-refractivity contribution in [2.45, 2.75) is 91.3 Å². The zero-order chi connectivity index (χ0) is 30.7. The molecule has 0 bridgehead atoms. The van der Waals surface area contributed by atoms with Crippen molar-refractivity contribution in [2.75, 3.05) is 25.0 Å². The first kappa shape index (κ1) is 31.0. The van der Waals surface area contributed by atoms with Crippen LogP contribution in [0.5, 0.6) is 0 Å². The van der Waals surface area contributed by atoms with Gasteiger partial charge in [0.05, 0.1) is 18.8 Å². The van der Waals surface area contributed by atoms with Crippen LogP contribution in [0.4, 0.5) is 10.6 Å². The standard InChI is InChI=1S/C30H43N7O5/c1-19(2)15-37(21-12-20(24-33-18-41-35-24)16-36(17-21)28(39)42-30(6,7)8)26(38)23-14-32-27(29(3,4)5)34-25(23)31-13-22-10-9-11-40-22/h9-11,14,18-21H,12-13,15-17H2,1-8H3,(H,31,32,34)/t20-,21-/m0/s1. The maximum Gasteiger partial charge on any atom is 0.410 e. The minimum Gasteiger partial charge on any atom is -0.467 e. The van der Waals surface area contributed by atoms with Gasteiger partial charge in [0.25, 0.3) is 5.91 Å². The summed E-state index contributed by atoms with van der Waals surface area (Å²) in [6.45, 7) is 17.1. The Kier molecular flexibility index (Phi) is 9.22. The van der Waals surface area contributed by atoms with Gasteiger partial charge in [0.15, 0.2) is 5.82 Å². The summed E-state index contributed by atoms with van der Waals surface area (Å²) >= 11 is 0. The molecule has 12 heteroatoms. The van der Waals surface area contributed by atoms with Crippen LogP contribution >= 0.6 is 0 Å². The third-order valence-corrected chi connectivity index (χ3v) is 6.79. The molecule has 4 rings (SSSR count). The van der Waals surface area contributed by atoms with Crippen molar-refractivity contribution in [3.05, 3.63) is 54.0 Å². The highest BCUT2D eigenvalue weighted by atomic mass is 16.6. The Labute approximate surface area is 247 Å². The van der Waals surface area contributed by atoms with E-state index in [2.05, 4.69) is 34.3 Å². The fourth-order valence-corrected chi connectivity index (χ4v) is 4.88. The number of hydrogen-bond acceptors (Lipinski definition) is 10. The van der Waals surface area contributed by atoms with Gasteiger partial charge in [-0.3, -0.25) is 4.79 Å². The first-order chi connectivity index (χ1) is 19.7. The van der Waals surface area contributed by atoms with E-state index in [0.29, 0.717) is 61.4 Å². The molecule has 42 heavy (non-hydrogen) atoms. The molecule has 2 amide bonds. The summed E-state index contributed by atoms with van der Waals surface area (Å²) in [4.78, 5) is 44.7. The second-order valence-corrected chi connectivity index (χ2v) is 13.3. The zero-order valence-corrected chi connectivity index (χ0v) is 25.9. The molecule has 0 aliphatic carbocycles. The molecule has 4 heterocycles. The zero-order valence-electron chi connectivity index (χ0n) is 25.9. The van der Waals surface area contributed by atoms with E-state index >= 15 is 0 Å². The molecule has 1 fully saturated rings. The number of likely N-dealkylation sites (tertiary alicyclic amines) is 1. The summed E-state index contributed by atoms with van der Waals surface area (Å²) in [5, 5.41) is 7.35. The minimum atomic E-state index is -0.667. The number of hydrogen-bond donors (Lipinski definition) is 1. The van der Waals surface area contributed by atoms with Crippen molar-refractivity contribution >= 4 is 17.8 Å². The van der Waals surface area contributed by atoms with E-state index < -0.39 is 11.7 Å². The van der Waals surface area contributed by atoms with Gasteiger partial charge in [0, 0.05) is 37.2 Å². The maximum absolute atomic E-state index is 14.4. The first-order valence-corrected chi connectivity index (χ1v) is 14.4. The smallest absolute Gasteiger partial charge is 0.410 e. The number of ether oxygens (including phenoxy) is 1. The van der Waals surface area contributed by atoms with Crippen LogP contribution in [0.1, 0.15) is 95.5 Å². The average molecular weight is 582 g/mol. The summed E-state index contributed by atoms with van der Waals surface area (Å²) < 4.78 is 16.2. The molecule has 0 aromatic carbocycles. The summed E-state index contributed by atoms with van der Waals surface area (Å²) in [5.74, 6) is 1.93. The Morgan fingerprint density at radius 2 is 1.93 bits per heavy atom. The van der Waals surface area contributed by atoms with Crippen LogP contribution in [-0.4, -0.2) is 73.2 Å². The minimum absolute atomic E-state index is 0.156. The van der Waals surface area contributed by atoms with E-state index in [1.54, 1.807) is 17.4 Å². The quantitative estimate of drug-likeness (QED) is 0.375. The van der Waals surface area contributed by atoms with Gasteiger partial charge in [-0.05, 0) is 45.2 Å². The highest BCUT2D eigenvalue weighted by Gasteiger charge is 2.40. The number of nitrogens with zero attached hydrogens (tertiary/aromatic N) is 6. The van der Waals surface area contributed by atoms with Gasteiger partial charge in [-0.2, -0.15) is 4.98 Å². The lowest BCUT2D eigenvalue weighted by Crippen LogP contribution is -2.55. The van der Waals surface area contributed by atoms with Gasteiger partial charge in [-0.25, -0.2) is 14.8 Å². The normalized spacial score (nSPS) is 17.8. The van der Waals surface area contributed by atoms with Crippen molar-refractivity contribution < 1.29 is 23.3 Å².